The van der Waals surface area contributed by atoms with Crippen molar-refractivity contribution in [1.82, 2.24) is 19.4 Å². The number of nitrogens with zero attached hydrogens (tertiary/aromatic N) is 5. The Labute approximate surface area is 199 Å². The number of piperidine rings is 1. The molecule has 176 valence electrons. The molecule has 33 heavy (non-hydrogen) atoms. The predicted octanol–water partition coefficient (Wildman–Crippen LogP) is 4.63. The molecule has 1 saturated heterocycles. The topological polar surface area (TPSA) is 54.3 Å². The fraction of sp³-hybridized carbons (Fsp3) is 0.480. The van der Waals surface area contributed by atoms with E-state index in [4.69, 9.17) is 16.6 Å². The number of likely N-dealkylation sites (tertiary alicyclic amines) is 1. The minimum atomic E-state index is -0.506. The summed E-state index contributed by atoms with van der Waals surface area (Å²) in [6.45, 7) is 2.67. The minimum absolute atomic E-state index is 0.324. The molecular weight excluding hydrogens is 441 g/mol. The second-order valence-electron chi connectivity index (χ2n) is 9.03. The number of pyridine rings is 1. The molecule has 1 aliphatic rings. The first kappa shape index (κ1) is 23.6. The van der Waals surface area contributed by atoms with Crippen LogP contribution in [0.4, 0.5) is 10.1 Å². The Balaban J connectivity index is 1.67. The van der Waals surface area contributed by atoms with Crippen molar-refractivity contribution in [3.8, 4) is 0 Å². The lowest BCUT2D eigenvalue weighted by atomic mass is 9.73. The van der Waals surface area contributed by atoms with Gasteiger partial charge in [-0.15, -0.1) is 0 Å². The number of fused-ring (bicyclic) bond motifs is 1. The number of halogens is 2. The van der Waals surface area contributed by atoms with E-state index in [1.807, 2.05) is 37.5 Å². The summed E-state index contributed by atoms with van der Waals surface area (Å²) < 4.78 is 14.9. The number of anilines is 1. The summed E-state index contributed by atoms with van der Waals surface area (Å²) in [5, 5.41) is 0.639. The van der Waals surface area contributed by atoms with E-state index in [2.05, 4.69) is 26.4 Å². The average Bonchev–Trinajstić information content (AvgIpc) is 3.16. The molecule has 1 fully saturated rings. The van der Waals surface area contributed by atoms with E-state index in [1.54, 1.807) is 6.20 Å². The highest BCUT2D eigenvalue weighted by Crippen LogP contribution is 2.38. The molecule has 0 aliphatic carbocycles. The number of aldehydes is 1. The third kappa shape index (κ3) is 4.89. The first-order chi connectivity index (χ1) is 16.0. The van der Waals surface area contributed by atoms with Gasteiger partial charge in [-0.2, -0.15) is 0 Å². The number of aromatic nitrogens is 3. The number of aryl methyl sites for hydroxylation is 1. The molecule has 0 atom stereocenters. The Morgan fingerprint density at radius 3 is 2.76 bits per heavy atom. The molecule has 0 radical (unpaired) electrons. The summed E-state index contributed by atoms with van der Waals surface area (Å²) in [4.78, 5) is 25.9. The average molecular weight is 472 g/mol. The van der Waals surface area contributed by atoms with E-state index in [9.17, 15) is 9.18 Å². The lowest BCUT2D eigenvalue weighted by Crippen LogP contribution is -2.42. The third-order valence-electron chi connectivity index (χ3n) is 6.79. The SMILES string of the molecule is CN1CCC(C=O)(c2ccncc2N(C)Cc2nc3cc(Cl)ccc3n2CCCCF)CC1. The van der Waals surface area contributed by atoms with Crippen molar-refractivity contribution in [3.63, 3.8) is 0 Å². The first-order valence-corrected chi connectivity index (χ1v) is 11.9. The summed E-state index contributed by atoms with van der Waals surface area (Å²) in [6.07, 6.45) is 7.57. The Morgan fingerprint density at radius 2 is 2.03 bits per heavy atom. The van der Waals surface area contributed by atoms with E-state index >= 15 is 0 Å². The minimum Gasteiger partial charge on any atom is -0.366 e. The fourth-order valence-electron chi connectivity index (χ4n) is 4.76. The maximum absolute atomic E-state index is 12.7. The van der Waals surface area contributed by atoms with Crippen molar-refractivity contribution in [2.75, 3.05) is 38.8 Å². The van der Waals surface area contributed by atoms with Crippen LogP contribution >= 0.6 is 11.6 Å². The summed E-state index contributed by atoms with van der Waals surface area (Å²) in [5.74, 6) is 0.881. The molecule has 1 aliphatic heterocycles. The second kappa shape index (κ2) is 10.2. The Kier molecular flexibility index (Phi) is 7.29. The lowest BCUT2D eigenvalue weighted by molar-refractivity contribution is -0.114. The van der Waals surface area contributed by atoms with Crippen molar-refractivity contribution in [3.05, 3.63) is 53.1 Å². The highest BCUT2D eigenvalue weighted by Gasteiger charge is 2.37. The van der Waals surface area contributed by atoms with Crippen LogP contribution in [0.5, 0.6) is 0 Å². The molecule has 4 rings (SSSR count). The van der Waals surface area contributed by atoms with Crippen molar-refractivity contribution < 1.29 is 9.18 Å². The van der Waals surface area contributed by atoms with Gasteiger partial charge in [0.1, 0.15) is 12.1 Å². The maximum atomic E-state index is 12.7. The lowest BCUT2D eigenvalue weighted by Gasteiger charge is -2.39. The van der Waals surface area contributed by atoms with Gasteiger partial charge in [0.15, 0.2) is 0 Å². The predicted molar refractivity (Wildman–Crippen MR) is 131 cm³/mol. The number of carbonyl (C=O) groups excluding carboxylic acids is 1. The number of rotatable bonds is 9. The number of unbranched alkanes of at least 4 members (excludes halogenated alkanes) is 1. The number of hydrogen-bond donors (Lipinski definition) is 0. The second-order valence-corrected chi connectivity index (χ2v) is 9.47. The van der Waals surface area contributed by atoms with Gasteiger partial charge >= 0.3 is 0 Å². The zero-order valence-corrected chi connectivity index (χ0v) is 20.1. The summed E-state index contributed by atoms with van der Waals surface area (Å²) in [5.41, 5.74) is 3.28. The van der Waals surface area contributed by atoms with Crippen LogP contribution < -0.4 is 4.90 Å². The van der Waals surface area contributed by atoms with Gasteiger partial charge in [0.2, 0.25) is 0 Å². The van der Waals surface area contributed by atoms with Crippen LogP contribution in [0.1, 0.15) is 37.1 Å². The summed E-state index contributed by atoms with van der Waals surface area (Å²) >= 11 is 6.20. The van der Waals surface area contributed by atoms with Crippen molar-refractivity contribution in [2.24, 2.45) is 0 Å². The number of imidazole rings is 1. The number of benzene rings is 1. The summed E-state index contributed by atoms with van der Waals surface area (Å²) in [6, 6.07) is 7.67. The Hall–Kier alpha value is -2.51. The van der Waals surface area contributed by atoms with Gasteiger partial charge in [0.25, 0.3) is 0 Å². The Morgan fingerprint density at radius 1 is 1.24 bits per heavy atom. The molecule has 0 N–H and O–H groups in total. The van der Waals surface area contributed by atoms with Crippen LogP contribution in [-0.2, 0) is 23.3 Å². The highest BCUT2D eigenvalue weighted by molar-refractivity contribution is 6.31. The standard InChI is InChI=1S/C25H31ClFN5O/c1-30-13-8-25(18-33,9-14-30)20-7-11-28-16-23(20)31(2)17-24-29-21-15-19(26)5-6-22(21)32(24)12-4-3-10-27/h5-7,11,15-16,18H,3-4,8-10,12-14,17H2,1-2H3. The zero-order chi connectivity index (χ0) is 23.4. The molecule has 3 aromatic rings. The number of alkyl halides is 1. The first-order valence-electron chi connectivity index (χ1n) is 11.5. The van der Waals surface area contributed by atoms with Crippen molar-refractivity contribution in [2.45, 2.75) is 44.2 Å². The Bertz CT molecular complexity index is 1110. The van der Waals surface area contributed by atoms with Crippen molar-refractivity contribution in [1.29, 1.82) is 0 Å². The van der Waals surface area contributed by atoms with E-state index < -0.39 is 5.41 Å². The summed E-state index contributed by atoms with van der Waals surface area (Å²) in [7, 11) is 4.10. The van der Waals surface area contributed by atoms with Gasteiger partial charge in [0, 0.05) is 24.8 Å². The van der Waals surface area contributed by atoms with E-state index in [1.165, 1.54) is 0 Å². The number of hydrogen-bond acceptors (Lipinski definition) is 5. The van der Waals surface area contributed by atoms with Crippen LogP contribution in [0.3, 0.4) is 0 Å². The van der Waals surface area contributed by atoms with Crippen LogP contribution in [-0.4, -0.2) is 59.6 Å². The van der Waals surface area contributed by atoms with Gasteiger partial charge in [0.05, 0.1) is 41.6 Å². The molecule has 0 saturated carbocycles. The molecule has 6 nitrogen and oxygen atoms in total. The molecule has 2 aromatic heterocycles. The monoisotopic (exact) mass is 471 g/mol. The van der Waals surface area contributed by atoms with Gasteiger partial charge in [-0.1, -0.05) is 11.6 Å². The molecule has 0 bridgehead atoms. The molecule has 0 spiro atoms. The van der Waals surface area contributed by atoms with Crippen LogP contribution in [0, 0.1) is 0 Å². The third-order valence-corrected chi connectivity index (χ3v) is 7.02. The molecule has 3 heterocycles. The van der Waals surface area contributed by atoms with Crippen LogP contribution in [0.2, 0.25) is 5.02 Å². The van der Waals surface area contributed by atoms with Gasteiger partial charge < -0.3 is 19.2 Å². The van der Waals surface area contributed by atoms with Gasteiger partial charge in [-0.05, 0) is 75.6 Å². The molecular formula is C25H31ClFN5O. The molecule has 0 unspecified atom stereocenters. The van der Waals surface area contributed by atoms with E-state index in [0.717, 1.165) is 66.7 Å². The largest absolute Gasteiger partial charge is 0.366 e. The molecule has 8 heteroatoms. The highest BCUT2D eigenvalue weighted by atomic mass is 35.5. The molecule has 0 amide bonds. The normalized spacial score (nSPS) is 16.2. The quantitative estimate of drug-likeness (QED) is 0.336. The van der Waals surface area contributed by atoms with E-state index in [-0.39, 0.29) is 6.67 Å². The van der Waals surface area contributed by atoms with Crippen LogP contribution in [0.15, 0.2) is 36.7 Å². The van der Waals surface area contributed by atoms with Crippen LogP contribution in [0.25, 0.3) is 11.0 Å². The zero-order valence-electron chi connectivity index (χ0n) is 19.3. The number of carbonyl (C=O) groups is 1. The fourth-order valence-corrected chi connectivity index (χ4v) is 4.93. The van der Waals surface area contributed by atoms with Crippen molar-refractivity contribution >= 4 is 34.6 Å². The van der Waals surface area contributed by atoms with E-state index in [0.29, 0.717) is 24.5 Å². The van der Waals surface area contributed by atoms with Gasteiger partial charge in [-0.3, -0.25) is 9.37 Å². The smallest absolute Gasteiger partial charge is 0.130 e. The maximum Gasteiger partial charge on any atom is 0.130 e. The molecule has 1 aromatic carbocycles. The van der Waals surface area contributed by atoms with Gasteiger partial charge in [-0.25, -0.2) is 4.98 Å².